The Labute approximate surface area is 102 Å². The second-order valence-electron chi connectivity index (χ2n) is 3.14. The second kappa shape index (κ2) is 6.48. The number of hydrogen-bond donors (Lipinski definition) is 1. The molecule has 0 aliphatic carbocycles. The van der Waals surface area contributed by atoms with Crippen molar-refractivity contribution in [3.05, 3.63) is 33.8 Å². The van der Waals surface area contributed by atoms with E-state index in [1.807, 2.05) is 12.1 Å². The predicted molar refractivity (Wildman–Crippen MR) is 66.8 cm³/mol. The summed E-state index contributed by atoms with van der Waals surface area (Å²) >= 11 is 11.8. The number of benzene rings is 1. The largest absolute Gasteiger partial charge is 0.330 e. The number of rotatable bonds is 5. The zero-order chi connectivity index (χ0) is 11.3. The van der Waals surface area contributed by atoms with Crippen LogP contribution in [0.1, 0.15) is 12.0 Å². The summed E-state index contributed by atoms with van der Waals surface area (Å²) in [7, 11) is -0.913. The summed E-state index contributed by atoms with van der Waals surface area (Å²) in [6, 6.07) is 5.37. The lowest BCUT2D eigenvalue weighted by Gasteiger charge is -2.05. The Morgan fingerprint density at radius 2 is 2.07 bits per heavy atom. The molecule has 15 heavy (non-hydrogen) atoms. The molecule has 0 amide bonds. The van der Waals surface area contributed by atoms with Crippen LogP contribution in [0.4, 0.5) is 0 Å². The van der Waals surface area contributed by atoms with Gasteiger partial charge in [-0.25, -0.2) is 0 Å². The first kappa shape index (κ1) is 13.0. The quantitative estimate of drug-likeness (QED) is 0.890. The summed E-state index contributed by atoms with van der Waals surface area (Å²) < 4.78 is 11.6. The van der Waals surface area contributed by atoms with Crippen LogP contribution in [0.5, 0.6) is 0 Å². The van der Waals surface area contributed by atoms with Gasteiger partial charge in [0.2, 0.25) is 0 Å². The maximum Gasteiger partial charge on any atom is 0.0633 e. The van der Waals surface area contributed by atoms with E-state index in [2.05, 4.69) is 0 Å². The molecule has 0 aliphatic rings. The summed E-state index contributed by atoms with van der Waals surface area (Å²) in [5.41, 5.74) is 6.18. The van der Waals surface area contributed by atoms with Crippen LogP contribution in [0.15, 0.2) is 18.2 Å². The van der Waals surface area contributed by atoms with Crippen LogP contribution in [0, 0.1) is 0 Å². The lowest BCUT2D eigenvalue weighted by atomic mass is 10.2. The Bertz CT molecular complexity index is 357. The first-order chi connectivity index (χ1) is 7.15. The normalized spacial score (nSPS) is 12.7. The molecular formula is C10H13Cl2NOS. The van der Waals surface area contributed by atoms with E-state index in [4.69, 9.17) is 28.9 Å². The Kier molecular flexibility index (Phi) is 5.61. The van der Waals surface area contributed by atoms with Crippen molar-refractivity contribution >= 4 is 34.0 Å². The second-order valence-corrected chi connectivity index (χ2v) is 5.51. The monoisotopic (exact) mass is 265 g/mol. The molecule has 0 saturated carbocycles. The van der Waals surface area contributed by atoms with Crippen molar-refractivity contribution < 1.29 is 4.21 Å². The highest BCUT2D eigenvalue weighted by Crippen LogP contribution is 2.26. The van der Waals surface area contributed by atoms with E-state index in [9.17, 15) is 4.21 Å². The average Bonchev–Trinajstić information content (AvgIpc) is 2.22. The van der Waals surface area contributed by atoms with E-state index in [0.717, 1.165) is 12.0 Å². The summed E-state index contributed by atoms with van der Waals surface area (Å²) in [4.78, 5) is 0. The molecule has 1 aromatic carbocycles. The molecular weight excluding hydrogens is 253 g/mol. The molecule has 0 spiro atoms. The molecule has 2 nitrogen and oxygen atoms in total. The highest BCUT2D eigenvalue weighted by molar-refractivity contribution is 7.84. The van der Waals surface area contributed by atoms with Crippen LogP contribution >= 0.6 is 23.2 Å². The molecule has 1 atom stereocenters. The van der Waals surface area contributed by atoms with Gasteiger partial charge in [0.05, 0.1) is 15.8 Å². The molecule has 0 aromatic heterocycles. The predicted octanol–water partition coefficient (Wildman–Crippen LogP) is 2.59. The van der Waals surface area contributed by atoms with Crippen molar-refractivity contribution in [3.63, 3.8) is 0 Å². The topological polar surface area (TPSA) is 43.1 Å². The maximum atomic E-state index is 11.6. The van der Waals surface area contributed by atoms with Crippen LogP contribution < -0.4 is 5.73 Å². The van der Waals surface area contributed by atoms with Crippen LogP contribution in [-0.4, -0.2) is 16.5 Å². The third-order valence-electron chi connectivity index (χ3n) is 1.92. The fourth-order valence-corrected chi connectivity index (χ4v) is 2.84. The average molecular weight is 266 g/mol. The van der Waals surface area contributed by atoms with Crippen molar-refractivity contribution in [2.24, 2.45) is 5.73 Å². The number of hydrogen-bond acceptors (Lipinski definition) is 2. The summed E-state index contributed by atoms with van der Waals surface area (Å²) in [5, 5.41) is 1.00. The molecule has 5 heteroatoms. The maximum absolute atomic E-state index is 11.6. The lowest BCUT2D eigenvalue weighted by Crippen LogP contribution is -2.07. The van der Waals surface area contributed by atoms with Crippen molar-refractivity contribution in [1.29, 1.82) is 0 Å². The fourth-order valence-electron chi connectivity index (χ4n) is 1.15. The van der Waals surface area contributed by atoms with Gasteiger partial charge in [0.1, 0.15) is 0 Å². The number of halogens is 2. The first-order valence-electron chi connectivity index (χ1n) is 4.63. The Morgan fingerprint density at radius 1 is 1.33 bits per heavy atom. The van der Waals surface area contributed by atoms with Gasteiger partial charge in [0.25, 0.3) is 0 Å². The Balaban J connectivity index is 2.64. The molecule has 0 radical (unpaired) electrons. The molecule has 2 N–H and O–H groups in total. The van der Waals surface area contributed by atoms with Crippen molar-refractivity contribution in [3.8, 4) is 0 Å². The van der Waals surface area contributed by atoms with Crippen LogP contribution in [0.3, 0.4) is 0 Å². The summed E-state index contributed by atoms with van der Waals surface area (Å²) in [6.07, 6.45) is 0.769. The Hall–Kier alpha value is -0.0900. The minimum absolute atomic E-state index is 0.444. The zero-order valence-corrected chi connectivity index (χ0v) is 10.5. The molecule has 0 fully saturated rings. The minimum Gasteiger partial charge on any atom is -0.330 e. The van der Waals surface area contributed by atoms with Gasteiger partial charge in [-0.2, -0.15) is 0 Å². The van der Waals surface area contributed by atoms with Crippen molar-refractivity contribution in [2.75, 3.05) is 12.3 Å². The minimum atomic E-state index is -0.913. The van der Waals surface area contributed by atoms with E-state index in [1.54, 1.807) is 6.07 Å². The first-order valence-corrected chi connectivity index (χ1v) is 6.87. The van der Waals surface area contributed by atoms with Gasteiger partial charge in [-0.05, 0) is 24.6 Å². The van der Waals surface area contributed by atoms with Gasteiger partial charge in [-0.3, -0.25) is 4.21 Å². The fraction of sp³-hybridized carbons (Fsp3) is 0.400. The van der Waals surface area contributed by atoms with Gasteiger partial charge in [-0.1, -0.05) is 35.3 Å². The van der Waals surface area contributed by atoms with Crippen LogP contribution in [-0.2, 0) is 16.6 Å². The standard InChI is InChI=1S/C10H13Cl2NOS/c11-9-4-1-3-8(10(9)12)7-15(14)6-2-5-13/h1,3-4H,2,5-7,13H2. The van der Waals surface area contributed by atoms with Crippen molar-refractivity contribution in [2.45, 2.75) is 12.2 Å². The van der Waals surface area contributed by atoms with E-state index >= 15 is 0 Å². The molecule has 1 rings (SSSR count). The third-order valence-corrected chi connectivity index (χ3v) is 4.16. The molecule has 0 aliphatic heterocycles. The molecule has 0 saturated heterocycles. The SMILES string of the molecule is NCCCS(=O)Cc1cccc(Cl)c1Cl. The van der Waals surface area contributed by atoms with E-state index in [1.165, 1.54) is 0 Å². The van der Waals surface area contributed by atoms with Crippen LogP contribution in [0.2, 0.25) is 10.0 Å². The smallest absolute Gasteiger partial charge is 0.0633 e. The Morgan fingerprint density at radius 3 is 2.73 bits per heavy atom. The van der Waals surface area contributed by atoms with E-state index in [-0.39, 0.29) is 0 Å². The molecule has 0 heterocycles. The van der Waals surface area contributed by atoms with Gasteiger partial charge >= 0.3 is 0 Å². The van der Waals surface area contributed by atoms with E-state index < -0.39 is 10.8 Å². The van der Waals surface area contributed by atoms with Gasteiger partial charge in [0.15, 0.2) is 0 Å². The van der Waals surface area contributed by atoms with E-state index in [0.29, 0.717) is 28.1 Å². The van der Waals surface area contributed by atoms with Crippen molar-refractivity contribution in [1.82, 2.24) is 0 Å². The van der Waals surface area contributed by atoms with Gasteiger partial charge < -0.3 is 5.73 Å². The molecule has 0 bridgehead atoms. The van der Waals surface area contributed by atoms with Crippen LogP contribution in [0.25, 0.3) is 0 Å². The number of nitrogens with two attached hydrogens (primary N) is 1. The summed E-state index contributed by atoms with van der Waals surface area (Å²) in [6.45, 7) is 0.565. The zero-order valence-electron chi connectivity index (χ0n) is 8.21. The third kappa shape index (κ3) is 4.11. The highest BCUT2D eigenvalue weighted by Gasteiger charge is 2.07. The van der Waals surface area contributed by atoms with Gasteiger partial charge in [0, 0.05) is 16.6 Å². The highest BCUT2D eigenvalue weighted by atomic mass is 35.5. The molecule has 1 aromatic rings. The molecule has 1 unspecified atom stereocenters. The lowest BCUT2D eigenvalue weighted by molar-refractivity contribution is 0.680. The summed E-state index contributed by atoms with van der Waals surface area (Å²) in [5.74, 6) is 1.05. The molecule has 84 valence electrons. The van der Waals surface area contributed by atoms with Gasteiger partial charge in [-0.15, -0.1) is 0 Å².